The largest absolute Gasteiger partial charge is 0.345 e. The van der Waals surface area contributed by atoms with Gasteiger partial charge in [-0.3, -0.25) is 0 Å². The van der Waals surface area contributed by atoms with Crippen LogP contribution < -0.4 is 4.90 Å². The number of hydrogen-bond donors (Lipinski definition) is 0. The Morgan fingerprint density at radius 1 is 1.14 bits per heavy atom. The van der Waals surface area contributed by atoms with Crippen molar-refractivity contribution in [2.45, 2.75) is 13.8 Å². The van der Waals surface area contributed by atoms with Crippen LogP contribution in [0.25, 0.3) is 10.2 Å². The van der Waals surface area contributed by atoms with Crippen LogP contribution in [-0.4, -0.2) is 50.1 Å². The number of hydrogen-bond acceptors (Lipinski definition) is 5. The first-order chi connectivity index (χ1) is 9.84. The average molecular weight is 325 g/mol. The minimum Gasteiger partial charge on any atom is -0.345 e. The van der Waals surface area contributed by atoms with Gasteiger partial charge in [0.25, 0.3) is 0 Å². The molecule has 0 unspecified atom stereocenters. The van der Waals surface area contributed by atoms with E-state index in [-0.39, 0.29) is 0 Å². The molecule has 1 aliphatic heterocycles. The number of fused-ring (bicyclic) bond motifs is 1. The van der Waals surface area contributed by atoms with Crippen LogP contribution in [0, 0.1) is 13.8 Å². The van der Waals surface area contributed by atoms with Crippen molar-refractivity contribution in [1.29, 1.82) is 0 Å². The van der Waals surface area contributed by atoms with E-state index >= 15 is 0 Å². The highest BCUT2D eigenvalue weighted by Gasteiger charge is 2.25. The maximum Gasteiger partial charge on any atom is 0.211 e. The fourth-order valence-corrected chi connectivity index (χ4v) is 4.73. The lowest BCUT2D eigenvalue weighted by Gasteiger charge is -2.32. The van der Waals surface area contributed by atoms with Gasteiger partial charge in [0.1, 0.15) is 0 Å². The second-order valence-electron chi connectivity index (χ2n) is 5.57. The second-order valence-corrected chi connectivity index (χ2v) is 8.57. The van der Waals surface area contributed by atoms with Crippen LogP contribution in [0.1, 0.15) is 11.1 Å². The van der Waals surface area contributed by atoms with Gasteiger partial charge < -0.3 is 4.90 Å². The molecule has 1 aromatic carbocycles. The Bertz CT molecular complexity index is 775. The summed E-state index contributed by atoms with van der Waals surface area (Å²) in [5.41, 5.74) is 3.51. The number of benzene rings is 1. The third kappa shape index (κ3) is 2.90. The summed E-state index contributed by atoms with van der Waals surface area (Å²) in [4.78, 5) is 6.92. The number of sulfonamides is 1. The van der Waals surface area contributed by atoms with Gasteiger partial charge in [0.15, 0.2) is 5.13 Å². The van der Waals surface area contributed by atoms with Gasteiger partial charge >= 0.3 is 0 Å². The summed E-state index contributed by atoms with van der Waals surface area (Å²) in [7, 11) is -3.08. The normalized spacial score (nSPS) is 17.6. The Balaban J connectivity index is 1.84. The predicted molar refractivity (Wildman–Crippen MR) is 87.7 cm³/mol. The van der Waals surface area contributed by atoms with Crippen molar-refractivity contribution in [2.24, 2.45) is 0 Å². The number of anilines is 1. The molecule has 5 nitrogen and oxygen atoms in total. The van der Waals surface area contributed by atoms with E-state index < -0.39 is 10.0 Å². The monoisotopic (exact) mass is 325 g/mol. The fourth-order valence-electron chi connectivity index (χ4n) is 2.71. The van der Waals surface area contributed by atoms with Gasteiger partial charge in [-0.25, -0.2) is 13.4 Å². The molecule has 2 aromatic rings. The van der Waals surface area contributed by atoms with E-state index in [4.69, 9.17) is 4.98 Å². The molecular weight excluding hydrogens is 306 g/mol. The van der Waals surface area contributed by atoms with E-state index in [1.54, 1.807) is 11.3 Å². The van der Waals surface area contributed by atoms with Crippen LogP contribution in [0.2, 0.25) is 0 Å². The van der Waals surface area contributed by atoms with E-state index in [2.05, 4.69) is 30.9 Å². The third-order valence-electron chi connectivity index (χ3n) is 3.80. The summed E-state index contributed by atoms with van der Waals surface area (Å²) in [5, 5.41) is 0.992. The van der Waals surface area contributed by atoms with Crippen LogP contribution in [0.5, 0.6) is 0 Å². The molecule has 0 spiro atoms. The topological polar surface area (TPSA) is 53.5 Å². The molecule has 7 heteroatoms. The molecule has 2 heterocycles. The Labute approximate surface area is 129 Å². The highest BCUT2D eigenvalue weighted by molar-refractivity contribution is 7.88. The first kappa shape index (κ1) is 14.7. The first-order valence-corrected chi connectivity index (χ1v) is 9.59. The molecule has 0 N–H and O–H groups in total. The molecule has 0 radical (unpaired) electrons. The molecule has 1 saturated heterocycles. The maximum atomic E-state index is 11.5. The van der Waals surface area contributed by atoms with Crippen LogP contribution in [0.3, 0.4) is 0 Å². The van der Waals surface area contributed by atoms with Gasteiger partial charge in [0.2, 0.25) is 10.0 Å². The Morgan fingerprint density at radius 2 is 1.81 bits per heavy atom. The van der Waals surface area contributed by atoms with Crippen molar-refractivity contribution in [1.82, 2.24) is 9.29 Å². The zero-order chi connectivity index (χ0) is 15.2. The molecular formula is C14H19N3O2S2. The molecule has 114 valence electrons. The number of aromatic nitrogens is 1. The maximum absolute atomic E-state index is 11.5. The summed E-state index contributed by atoms with van der Waals surface area (Å²) in [6, 6.07) is 4.31. The lowest BCUT2D eigenvalue weighted by molar-refractivity contribution is 0.388. The van der Waals surface area contributed by atoms with Crippen molar-refractivity contribution in [3.63, 3.8) is 0 Å². The summed E-state index contributed by atoms with van der Waals surface area (Å²) in [6.45, 7) is 6.65. The minimum atomic E-state index is -3.08. The van der Waals surface area contributed by atoms with Crippen molar-refractivity contribution in [2.75, 3.05) is 37.3 Å². The molecule has 0 saturated carbocycles. The molecule has 3 rings (SSSR count). The summed E-state index contributed by atoms with van der Waals surface area (Å²) < 4.78 is 25.8. The van der Waals surface area contributed by atoms with Crippen molar-refractivity contribution < 1.29 is 8.42 Å². The highest BCUT2D eigenvalue weighted by atomic mass is 32.2. The summed E-state index contributed by atoms with van der Waals surface area (Å²) in [6.07, 6.45) is 1.27. The fraction of sp³-hybridized carbons (Fsp3) is 0.500. The summed E-state index contributed by atoms with van der Waals surface area (Å²) in [5.74, 6) is 0. The van der Waals surface area contributed by atoms with Gasteiger partial charge in [0.05, 0.1) is 16.5 Å². The van der Waals surface area contributed by atoms with Crippen molar-refractivity contribution >= 4 is 36.7 Å². The van der Waals surface area contributed by atoms with E-state index in [1.165, 1.54) is 26.4 Å². The smallest absolute Gasteiger partial charge is 0.211 e. The van der Waals surface area contributed by atoms with Crippen LogP contribution >= 0.6 is 11.3 Å². The number of nitrogens with zero attached hydrogens (tertiary/aromatic N) is 3. The Morgan fingerprint density at radius 3 is 2.43 bits per heavy atom. The van der Waals surface area contributed by atoms with Gasteiger partial charge in [-0.1, -0.05) is 17.4 Å². The van der Waals surface area contributed by atoms with Crippen LogP contribution in [0.15, 0.2) is 12.1 Å². The standard InChI is InChI=1S/C14H19N3O2S2/c1-10-8-11(2)13-12(9-10)20-14(15-13)16-4-6-17(7-5-16)21(3,18)19/h8-9H,4-7H2,1-3H3. The SMILES string of the molecule is Cc1cc(C)c2nc(N3CCN(S(C)(=O)=O)CC3)sc2c1. The number of aryl methyl sites for hydroxylation is 2. The molecule has 0 amide bonds. The van der Waals surface area contributed by atoms with Gasteiger partial charge in [-0.15, -0.1) is 0 Å². The van der Waals surface area contributed by atoms with Crippen molar-refractivity contribution in [3.8, 4) is 0 Å². The first-order valence-electron chi connectivity index (χ1n) is 6.92. The molecule has 0 atom stereocenters. The highest BCUT2D eigenvalue weighted by Crippen LogP contribution is 2.32. The molecule has 1 aliphatic rings. The molecule has 0 bridgehead atoms. The van der Waals surface area contributed by atoms with E-state index in [1.807, 2.05) is 0 Å². The second kappa shape index (κ2) is 5.23. The number of piperazine rings is 1. The molecule has 21 heavy (non-hydrogen) atoms. The number of thiazole rings is 1. The van der Waals surface area contributed by atoms with Crippen LogP contribution in [-0.2, 0) is 10.0 Å². The molecule has 1 fully saturated rings. The van der Waals surface area contributed by atoms with Gasteiger partial charge in [-0.05, 0) is 31.0 Å². The predicted octanol–water partition coefficient (Wildman–Crippen LogP) is 1.99. The minimum absolute atomic E-state index is 0.534. The Kier molecular flexibility index (Phi) is 3.67. The van der Waals surface area contributed by atoms with E-state index in [0.29, 0.717) is 26.2 Å². The quantitative estimate of drug-likeness (QED) is 0.847. The van der Waals surface area contributed by atoms with Gasteiger partial charge in [-0.2, -0.15) is 4.31 Å². The van der Waals surface area contributed by atoms with Gasteiger partial charge in [0, 0.05) is 26.2 Å². The lowest BCUT2D eigenvalue weighted by atomic mass is 10.1. The zero-order valence-corrected chi connectivity index (χ0v) is 14.1. The summed E-state index contributed by atoms with van der Waals surface area (Å²) >= 11 is 1.69. The number of rotatable bonds is 2. The van der Waals surface area contributed by atoms with Crippen molar-refractivity contribution in [3.05, 3.63) is 23.3 Å². The zero-order valence-electron chi connectivity index (χ0n) is 12.5. The van der Waals surface area contributed by atoms with E-state index in [0.717, 1.165) is 10.6 Å². The lowest BCUT2D eigenvalue weighted by Crippen LogP contribution is -2.48. The van der Waals surface area contributed by atoms with E-state index in [9.17, 15) is 8.42 Å². The molecule has 0 aliphatic carbocycles. The third-order valence-corrected chi connectivity index (χ3v) is 6.16. The average Bonchev–Trinajstić information content (AvgIpc) is 2.82. The van der Waals surface area contributed by atoms with Crippen LogP contribution in [0.4, 0.5) is 5.13 Å². The Hall–Kier alpha value is -1.18. The molecule has 1 aromatic heterocycles.